The van der Waals surface area contributed by atoms with Gasteiger partial charge in [0.1, 0.15) is 0 Å². The maximum atomic E-state index is 13.2. The van der Waals surface area contributed by atoms with Crippen LogP contribution in [0.1, 0.15) is 66.9 Å². The SMILES string of the molecule is CCn1c(=O)cc(C2CC2)c2cc(N(C)C(=O)c3ccc(C(C)C)cc3N)ccc21. The van der Waals surface area contributed by atoms with Crippen LogP contribution in [0.4, 0.5) is 11.4 Å². The molecule has 30 heavy (non-hydrogen) atoms. The summed E-state index contributed by atoms with van der Waals surface area (Å²) in [7, 11) is 1.77. The number of carbonyl (C=O) groups excluding carboxylic acids is 1. The molecule has 0 aliphatic heterocycles. The summed E-state index contributed by atoms with van der Waals surface area (Å²) in [5.74, 6) is 0.660. The van der Waals surface area contributed by atoms with Crippen LogP contribution in [0, 0.1) is 0 Å². The number of hydrogen-bond acceptors (Lipinski definition) is 3. The third-order valence-corrected chi connectivity index (χ3v) is 6.12. The molecule has 4 rings (SSSR count). The van der Waals surface area contributed by atoms with E-state index < -0.39 is 0 Å². The zero-order valence-corrected chi connectivity index (χ0v) is 18.1. The molecule has 1 aliphatic carbocycles. The van der Waals surface area contributed by atoms with Crippen molar-refractivity contribution in [3.63, 3.8) is 0 Å². The minimum absolute atomic E-state index is 0.0436. The fourth-order valence-electron chi connectivity index (χ4n) is 4.10. The van der Waals surface area contributed by atoms with Gasteiger partial charge >= 0.3 is 0 Å². The molecule has 156 valence electrons. The molecule has 1 heterocycles. The van der Waals surface area contributed by atoms with Crippen molar-refractivity contribution in [3.05, 3.63) is 69.5 Å². The first-order valence-electron chi connectivity index (χ1n) is 10.7. The first-order chi connectivity index (χ1) is 14.3. The van der Waals surface area contributed by atoms with E-state index in [0.717, 1.165) is 40.6 Å². The van der Waals surface area contributed by atoms with Crippen molar-refractivity contribution in [1.29, 1.82) is 0 Å². The summed E-state index contributed by atoms with van der Waals surface area (Å²) in [5.41, 5.74) is 11.2. The number of nitrogen functional groups attached to an aromatic ring is 1. The van der Waals surface area contributed by atoms with Gasteiger partial charge in [0.2, 0.25) is 0 Å². The second-order valence-electron chi connectivity index (χ2n) is 8.52. The summed E-state index contributed by atoms with van der Waals surface area (Å²) >= 11 is 0. The van der Waals surface area contributed by atoms with Crippen LogP contribution in [-0.2, 0) is 6.54 Å². The maximum Gasteiger partial charge on any atom is 0.260 e. The molecule has 1 aliphatic rings. The standard InChI is InChI=1S/C25H29N3O2/c1-5-28-23-11-9-18(13-21(23)20(14-24(28)29)16-6-7-16)27(4)25(30)19-10-8-17(15(2)3)12-22(19)26/h8-16H,5-7,26H2,1-4H3. The second kappa shape index (κ2) is 7.63. The predicted octanol–water partition coefficient (Wildman–Crippen LogP) is 4.88. The predicted molar refractivity (Wildman–Crippen MR) is 124 cm³/mol. The van der Waals surface area contributed by atoms with Crippen LogP contribution in [0.25, 0.3) is 10.9 Å². The molecule has 1 saturated carbocycles. The quantitative estimate of drug-likeness (QED) is 0.617. The van der Waals surface area contributed by atoms with Crippen LogP contribution in [-0.4, -0.2) is 17.5 Å². The van der Waals surface area contributed by atoms with E-state index in [1.165, 1.54) is 0 Å². The van der Waals surface area contributed by atoms with Gasteiger partial charge in [-0.15, -0.1) is 0 Å². The lowest BCUT2D eigenvalue weighted by atomic mass is 9.99. The van der Waals surface area contributed by atoms with Gasteiger partial charge in [-0.3, -0.25) is 9.59 Å². The smallest absolute Gasteiger partial charge is 0.260 e. The Balaban J connectivity index is 1.76. The summed E-state index contributed by atoms with van der Waals surface area (Å²) in [6, 6.07) is 13.3. The number of fused-ring (bicyclic) bond motifs is 1. The number of benzene rings is 2. The van der Waals surface area contributed by atoms with E-state index in [9.17, 15) is 9.59 Å². The van der Waals surface area contributed by atoms with E-state index in [1.807, 2.05) is 43.3 Å². The van der Waals surface area contributed by atoms with Gasteiger partial charge in [-0.05, 0) is 73.1 Å². The number of aryl methyl sites for hydroxylation is 1. The zero-order chi connectivity index (χ0) is 21.6. The van der Waals surface area contributed by atoms with E-state index in [-0.39, 0.29) is 11.5 Å². The lowest BCUT2D eigenvalue weighted by molar-refractivity contribution is 0.0994. The Morgan fingerprint density at radius 3 is 2.50 bits per heavy atom. The van der Waals surface area contributed by atoms with E-state index in [1.54, 1.807) is 22.6 Å². The second-order valence-corrected chi connectivity index (χ2v) is 8.52. The highest BCUT2D eigenvalue weighted by Crippen LogP contribution is 2.43. The normalized spacial score (nSPS) is 13.8. The van der Waals surface area contributed by atoms with Crippen LogP contribution in [0.2, 0.25) is 0 Å². The largest absolute Gasteiger partial charge is 0.398 e. The molecule has 0 saturated heterocycles. The van der Waals surface area contributed by atoms with E-state index in [4.69, 9.17) is 5.73 Å². The summed E-state index contributed by atoms with van der Waals surface area (Å²) in [4.78, 5) is 27.3. The molecule has 5 nitrogen and oxygen atoms in total. The third-order valence-electron chi connectivity index (χ3n) is 6.12. The molecule has 1 fully saturated rings. The van der Waals surface area contributed by atoms with Crippen molar-refractivity contribution in [2.45, 2.75) is 52.0 Å². The zero-order valence-electron chi connectivity index (χ0n) is 18.1. The molecule has 0 bridgehead atoms. The molecule has 2 N–H and O–H groups in total. The Kier molecular flexibility index (Phi) is 5.14. The van der Waals surface area contributed by atoms with E-state index in [0.29, 0.717) is 29.6 Å². The molecule has 2 aromatic carbocycles. The highest BCUT2D eigenvalue weighted by Gasteiger charge is 2.27. The molecule has 0 atom stereocenters. The summed E-state index contributed by atoms with van der Waals surface area (Å²) in [6.45, 7) is 6.80. The van der Waals surface area contributed by atoms with E-state index >= 15 is 0 Å². The van der Waals surface area contributed by atoms with Crippen molar-refractivity contribution >= 4 is 28.2 Å². The minimum atomic E-state index is -0.140. The first-order valence-corrected chi connectivity index (χ1v) is 10.7. The lowest BCUT2D eigenvalue weighted by Gasteiger charge is -2.21. The van der Waals surface area contributed by atoms with Crippen LogP contribution in [0.15, 0.2) is 47.3 Å². The van der Waals surface area contributed by atoms with Gasteiger partial charge in [-0.1, -0.05) is 19.9 Å². The van der Waals surface area contributed by atoms with Gasteiger partial charge < -0.3 is 15.2 Å². The molecule has 5 heteroatoms. The first kappa shape index (κ1) is 20.2. The van der Waals surface area contributed by atoms with Gasteiger partial charge in [0.25, 0.3) is 11.5 Å². The topological polar surface area (TPSA) is 68.3 Å². The average molecular weight is 404 g/mol. The molecule has 1 amide bonds. The Bertz CT molecular complexity index is 1190. The molecule has 0 spiro atoms. The molecular weight excluding hydrogens is 374 g/mol. The highest BCUT2D eigenvalue weighted by atomic mass is 16.2. The number of amides is 1. The summed E-state index contributed by atoms with van der Waals surface area (Å²) < 4.78 is 1.79. The van der Waals surface area contributed by atoms with Crippen molar-refractivity contribution in [2.75, 3.05) is 17.7 Å². The van der Waals surface area contributed by atoms with Crippen LogP contribution < -0.4 is 16.2 Å². The summed E-state index contributed by atoms with van der Waals surface area (Å²) in [6.07, 6.45) is 2.23. The number of rotatable bonds is 5. The van der Waals surface area contributed by atoms with Crippen molar-refractivity contribution in [1.82, 2.24) is 4.57 Å². The third kappa shape index (κ3) is 3.49. The molecular formula is C25H29N3O2. The number of anilines is 2. The Morgan fingerprint density at radius 1 is 1.17 bits per heavy atom. The van der Waals surface area contributed by atoms with Crippen LogP contribution >= 0.6 is 0 Å². The minimum Gasteiger partial charge on any atom is -0.398 e. The fourth-order valence-corrected chi connectivity index (χ4v) is 4.10. The Hall–Kier alpha value is -3.08. The van der Waals surface area contributed by atoms with Gasteiger partial charge in [0, 0.05) is 36.4 Å². The summed E-state index contributed by atoms with van der Waals surface area (Å²) in [5, 5.41) is 1.05. The number of nitrogens with zero attached hydrogens (tertiary/aromatic N) is 2. The van der Waals surface area contributed by atoms with Crippen molar-refractivity contribution in [3.8, 4) is 0 Å². The van der Waals surface area contributed by atoms with Crippen LogP contribution in [0.3, 0.4) is 0 Å². The molecule has 1 aromatic heterocycles. The highest BCUT2D eigenvalue weighted by molar-refractivity contribution is 6.09. The molecule has 3 aromatic rings. The Morgan fingerprint density at radius 2 is 1.90 bits per heavy atom. The average Bonchev–Trinajstić information content (AvgIpc) is 3.57. The molecule has 0 unspecified atom stereocenters. The number of nitrogens with two attached hydrogens (primary N) is 1. The Labute approximate surface area is 177 Å². The van der Waals surface area contributed by atoms with Gasteiger partial charge in [0.05, 0.1) is 11.1 Å². The number of carbonyl (C=O) groups is 1. The van der Waals surface area contributed by atoms with Crippen molar-refractivity contribution < 1.29 is 4.79 Å². The molecule has 0 radical (unpaired) electrons. The fraction of sp³-hybridized carbons (Fsp3) is 0.360. The monoisotopic (exact) mass is 403 g/mol. The van der Waals surface area contributed by atoms with Crippen LogP contribution in [0.5, 0.6) is 0 Å². The maximum absolute atomic E-state index is 13.2. The van der Waals surface area contributed by atoms with Crippen molar-refractivity contribution in [2.24, 2.45) is 0 Å². The van der Waals surface area contributed by atoms with E-state index in [2.05, 4.69) is 13.8 Å². The number of pyridine rings is 1. The lowest BCUT2D eigenvalue weighted by Crippen LogP contribution is -2.27. The number of aromatic nitrogens is 1. The van der Waals surface area contributed by atoms with Gasteiger partial charge in [0.15, 0.2) is 0 Å². The number of hydrogen-bond donors (Lipinski definition) is 1. The van der Waals surface area contributed by atoms with Gasteiger partial charge in [-0.2, -0.15) is 0 Å². The van der Waals surface area contributed by atoms with Gasteiger partial charge in [-0.25, -0.2) is 0 Å².